The molecule has 1 aliphatic rings. The smallest absolute Gasteiger partial charge is 0.251 e. The summed E-state index contributed by atoms with van der Waals surface area (Å²) in [6, 6.07) is 7.10. The van der Waals surface area contributed by atoms with Crippen LogP contribution in [0.2, 0.25) is 0 Å². The summed E-state index contributed by atoms with van der Waals surface area (Å²) in [6.07, 6.45) is 0. The Morgan fingerprint density at radius 3 is 2.62 bits per heavy atom. The molecule has 1 aromatic carbocycles. The average molecular weight is 379 g/mol. The molecule has 0 radical (unpaired) electrons. The van der Waals surface area contributed by atoms with Crippen molar-refractivity contribution in [2.24, 2.45) is 10.9 Å². The van der Waals surface area contributed by atoms with Crippen LogP contribution in [0.15, 0.2) is 29.3 Å². The Balaban J connectivity index is 1.75. The third-order valence-corrected chi connectivity index (χ3v) is 5.93. The first kappa shape index (κ1) is 20.4. The van der Waals surface area contributed by atoms with E-state index >= 15 is 0 Å². The van der Waals surface area contributed by atoms with Gasteiger partial charge in [-0.3, -0.25) is 9.79 Å². The van der Waals surface area contributed by atoms with Crippen LogP contribution in [-0.2, 0) is 0 Å². The summed E-state index contributed by atoms with van der Waals surface area (Å²) in [4.78, 5) is 18.9. The van der Waals surface area contributed by atoms with Gasteiger partial charge in [0.1, 0.15) is 5.75 Å². The van der Waals surface area contributed by atoms with E-state index in [4.69, 9.17) is 4.74 Å². The van der Waals surface area contributed by atoms with E-state index in [1.807, 2.05) is 18.8 Å². The zero-order valence-electron chi connectivity index (χ0n) is 16.1. The number of hydrogen-bond acceptors (Lipinski definition) is 4. The molecule has 0 aromatic heterocycles. The van der Waals surface area contributed by atoms with Crippen molar-refractivity contribution >= 4 is 23.6 Å². The Kier molecular flexibility index (Phi) is 8.09. The van der Waals surface area contributed by atoms with Crippen LogP contribution in [0, 0.1) is 5.92 Å². The first-order valence-electron chi connectivity index (χ1n) is 9.04. The van der Waals surface area contributed by atoms with Crippen LogP contribution in [0.5, 0.6) is 5.75 Å². The number of hydrogen-bond donors (Lipinski definition) is 2. The van der Waals surface area contributed by atoms with E-state index in [0.717, 1.165) is 30.6 Å². The fourth-order valence-corrected chi connectivity index (χ4v) is 4.10. The molecule has 1 fully saturated rings. The van der Waals surface area contributed by atoms with E-state index < -0.39 is 0 Å². The molecule has 1 atom stereocenters. The minimum atomic E-state index is -0.0846. The molecule has 2 N–H and O–H groups in total. The fourth-order valence-electron chi connectivity index (χ4n) is 2.80. The lowest BCUT2D eigenvalue weighted by Gasteiger charge is -2.36. The molecule has 7 heteroatoms. The maximum absolute atomic E-state index is 12.2. The maximum Gasteiger partial charge on any atom is 0.251 e. The van der Waals surface area contributed by atoms with Gasteiger partial charge in [0.05, 0.1) is 7.11 Å². The molecule has 6 nitrogen and oxygen atoms in total. The summed E-state index contributed by atoms with van der Waals surface area (Å²) < 4.78 is 5.10. The molecule has 0 spiro atoms. The lowest BCUT2D eigenvalue weighted by molar-refractivity contribution is 0.0954. The molecular formula is C19H30N4O2S. The molecular weight excluding hydrogens is 348 g/mol. The van der Waals surface area contributed by atoms with E-state index in [1.165, 1.54) is 0 Å². The highest BCUT2D eigenvalue weighted by molar-refractivity contribution is 8.00. The quantitative estimate of drug-likeness (QED) is 0.451. The summed E-state index contributed by atoms with van der Waals surface area (Å²) in [5.74, 6) is 3.35. The number of methoxy groups -OCH3 is 1. The van der Waals surface area contributed by atoms with Gasteiger partial charge in [-0.1, -0.05) is 13.8 Å². The highest BCUT2D eigenvalue weighted by Crippen LogP contribution is 2.24. The van der Waals surface area contributed by atoms with Crippen LogP contribution in [-0.4, -0.2) is 68.1 Å². The van der Waals surface area contributed by atoms with Gasteiger partial charge in [-0.05, 0) is 30.2 Å². The summed E-state index contributed by atoms with van der Waals surface area (Å²) in [5, 5.41) is 6.92. The van der Waals surface area contributed by atoms with Crippen LogP contribution in [0.25, 0.3) is 0 Å². The van der Waals surface area contributed by atoms with Gasteiger partial charge in [0, 0.05) is 49.8 Å². The van der Waals surface area contributed by atoms with Crippen LogP contribution in [0.3, 0.4) is 0 Å². The van der Waals surface area contributed by atoms with Crippen molar-refractivity contribution in [2.45, 2.75) is 19.1 Å². The lowest BCUT2D eigenvalue weighted by atomic mass is 10.1. The number of carbonyl (C=O) groups is 1. The first-order chi connectivity index (χ1) is 12.5. The molecule has 0 aliphatic carbocycles. The van der Waals surface area contributed by atoms with Gasteiger partial charge in [-0.15, -0.1) is 0 Å². The number of carbonyl (C=O) groups excluding carboxylic acids is 1. The molecule has 1 heterocycles. The van der Waals surface area contributed by atoms with Gasteiger partial charge in [0.2, 0.25) is 0 Å². The fraction of sp³-hybridized carbons (Fsp3) is 0.579. The van der Waals surface area contributed by atoms with Gasteiger partial charge >= 0.3 is 0 Å². The van der Waals surface area contributed by atoms with Gasteiger partial charge in [0.15, 0.2) is 5.96 Å². The first-order valence-corrected chi connectivity index (χ1v) is 10.1. The number of thioether (sulfide) groups is 1. The molecule has 26 heavy (non-hydrogen) atoms. The summed E-state index contributed by atoms with van der Waals surface area (Å²) in [6.45, 7) is 7.74. The van der Waals surface area contributed by atoms with Crippen molar-refractivity contribution in [1.82, 2.24) is 15.5 Å². The predicted molar refractivity (Wildman–Crippen MR) is 109 cm³/mol. The molecule has 1 aliphatic heterocycles. The standard InChI is InChI=1S/C19H30N4O2S/c1-14(2)17-13-23(11-12-26-17)19(20-3)22-10-9-21-18(24)15-5-7-16(25-4)8-6-15/h5-8,14,17H,9-13H2,1-4H3,(H,20,22)(H,21,24). The Hall–Kier alpha value is -1.89. The third kappa shape index (κ3) is 5.83. The number of nitrogens with zero attached hydrogens (tertiary/aromatic N) is 2. The molecule has 1 aromatic rings. The molecule has 2 rings (SSSR count). The highest BCUT2D eigenvalue weighted by Gasteiger charge is 2.24. The van der Waals surface area contributed by atoms with Crippen molar-refractivity contribution in [3.05, 3.63) is 29.8 Å². The van der Waals surface area contributed by atoms with Crippen LogP contribution < -0.4 is 15.4 Å². The number of rotatable bonds is 6. The van der Waals surface area contributed by atoms with Crippen LogP contribution in [0.1, 0.15) is 24.2 Å². The predicted octanol–water partition coefficient (Wildman–Crippen LogP) is 2.07. The number of nitrogens with one attached hydrogen (secondary N) is 2. The summed E-state index contributed by atoms with van der Waals surface area (Å²) in [7, 11) is 3.42. The SMILES string of the molecule is CN=C(NCCNC(=O)c1ccc(OC)cc1)N1CCSC(C(C)C)C1. The second-order valence-electron chi connectivity index (χ2n) is 6.56. The van der Waals surface area contributed by atoms with E-state index in [-0.39, 0.29) is 5.91 Å². The number of benzene rings is 1. The number of ether oxygens (including phenoxy) is 1. The van der Waals surface area contributed by atoms with Gasteiger partial charge in [-0.2, -0.15) is 11.8 Å². The molecule has 0 bridgehead atoms. The molecule has 0 saturated carbocycles. The minimum absolute atomic E-state index is 0.0846. The monoisotopic (exact) mass is 378 g/mol. The zero-order valence-corrected chi connectivity index (χ0v) is 16.9. The van der Waals surface area contributed by atoms with Gasteiger partial charge in [-0.25, -0.2) is 0 Å². The van der Waals surface area contributed by atoms with Crippen LogP contribution in [0.4, 0.5) is 0 Å². The summed E-state index contributed by atoms with van der Waals surface area (Å²) >= 11 is 2.05. The summed E-state index contributed by atoms with van der Waals surface area (Å²) in [5.41, 5.74) is 0.628. The van der Waals surface area contributed by atoms with Crippen LogP contribution >= 0.6 is 11.8 Å². The van der Waals surface area contributed by atoms with E-state index in [9.17, 15) is 4.79 Å². The Labute approximate surface area is 160 Å². The van der Waals surface area contributed by atoms with Crippen molar-refractivity contribution in [3.63, 3.8) is 0 Å². The zero-order chi connectivity index (χ0) is 18.9. The van der Waals surface area contributed by atoms with Crippen molar-refractivity contribution < 1.29 is 9.53 Å². The normalized spacial score (nSPS) is 18.0. The third-order valence-electron chi connectivity index (χ3n) is 4.39. The van der Waals surface area contributed by atoms with Crippen molar-refractivity contribution in [3.8, 4) is 5.75 Å². The largest absolute Gasteiger partial charge is 0.497 e. The van der Waals surface area contributed by atoms with E-state index in [2.05, 4.69) is 34.4 Å². The van der Waals surface area contributed by atoms with Gasteiger partial charge in [0.25, 0.3) is 5.91 Å². The van der Waals surface area contributed by atoms with E-state index in [0.29, 0.717) is 29.8 Å². The topological polar surface area (TPSA) is 66.0 Å². The maximum atomic E-state index is 12.2. The Morgan fingerprint density at radius 1 is 1.31 bits per heavy atom. The Bertz CT molecular complexity index is 604. The number of guanidine groups is 1. The number of aliphatic imine (C=N–C) groups is 1. The second kappa shape index (κ2) is 10.3. The second-order valence-corrected chi connectivity index (χ2v) is 7.90. The van der Waals surface area contributed by atoms with Crippen molar-refractivity contribution in [1.29, 1.82) is 0 Å². The molecule has 1 saturated heterocycles. The lowest BCUT2D eigenvalue weighted by Crippen LogP contribution is -2.50. The molecule has 144 valence electrons. The average Bonchev–Trinajstić information content (AvgIpc) is 2.68. The molecule has 1 amide bonds. The van der Waals surface area contributed by atoms with E-state index in [1.54, 1.807) is 31.4 Å². The minimum Gasteiger partial charge on any atom is -0.497 e. The van der Waals surface area contributed by atoms with Crippen molar-refractivity contribution in [2.75, 3.05) is 46.1 Å². The Morgan fingerprint density at radius 2 is 2.00 bits per heavy atom. The molecule has 1 unspecified atom stereocenters. The van der Waals surface area contributed by atoms with Gasteiger partial charge < -0.3 is 20.3 Å². The number of amides is 1. The highest BCUT2D eigenvalue weighted by atomic mass is 32.2.